The summed E-state index contributed by atoms with van der Waals surface area (Å²) in [7, 11) is 1.63. The zero-order valence-corrected chi connectivity index (χ0v) is 15.9. The molecule has 1 rings (SSSR count). The van der Waals surface area contributed by atoms with Gasteiger partial charge < -0.3 is 5.32 Å². The van der Waals surface area contributed by atoms with E-state index in [0.29, 0.717) is 0 Å². The van der Waals surface area contributed by atoms with Gasteiger partial charge in [0.1, 0.15) is 0 Å². The molecule has 0 atom stereocenters. The van der Waals surface area contributed by atoms with Crippen molar-refractivity contribution in [1.29, 1.82) is 0 Å². The standard InChI is InChI=1S/C7H13NO.C6H6.3C2H6/c1-5(2)6(3)7(9)8-4;1-2-4-6-5-3-1;3*1-2/h1-4H3,(H,8,9);1-6H;3*1-2H3. The summed E-state index contributed by atoms with van der Waals surface area (Å²) in [6.45, 7) is 17.7. The summed E-state index contributed by atoms with van der Waals surface area (Å²) in [4.78, 5) is 10.8. The van der Waals surface area contributed by atoms with E-state index in [2.05, 4.69) is 5.32 Å². The van der Waals surface area contributed by atoms with Crippen molar-refractivity contribution >= 4 is 5.91 Å². The third kappa shape index (κ3) is 23.9. The lowest BCUT2D eigenvalue weighted by Crippen LogP contribution is -2.19. The maximum atomic E-state index is 10.8. The van der Waals surface area contributed by atoms with Crippen molar-refractivity contribution in [2.45, 2.75) is 62.3 Å². The third-order valence-corrected chi connectivity index (χ3v) is 1.98. The molecule has 124 valence electrons. The van der Waals surface area contributed by atoms with Crippen molar-refractivity contribution in [3.63, 3.8) is 0 Å². The first-order valence-electron chi connectivity index (χ1n) is 7.95. The van der Waals surface area contributed by atoms with Crippen LogP contribution in [0.15, 0.2) is 47.5 Å². The first-order chi connectivity index (χ1) is 10.1. The minimum Gasteiger partial charge on any atom is -0.355 e. The van der Waals surface area contributed by atoms with Gasteiger partial charge in [0.15, 0.2) is 0 Å². The van der Waals surface area contributed by atoms with Crippen LogP contribution in [0.25, 0.3) is 0 Å². The Hall–Kier alpha value is -1.57. The number of hydrogen-bond donors (Lipinski definition) is 1. The molecule has 0 heterocycles. The molecule has 1 amide bonds. The second kappa shape index (κ2) is 26.9. The van der Waals surface area contributed by atoms with E-state index < -0.39 is 0 Å². The van der Waals surface area contributed by atoms with Crippen LogP contribution in [0.5, 0.6) is 0 Å². The number of allylic oxidation sites excluding steroid dienone is 1. The first-order valence-corrected chi connectivity index (χ1v) is 7.95. The van der Waals surface area contributed by atoms with E-state index in [1.165, 1.54) is 0 Å². The zero-order chi connectivity index (χ0) is 17.7. The number of rotatable bonds is 1. The van der Waals surface area contributed by atoms with E-state index in [0.717, 1.165) is 11.1 Å². The summed E-state index contributed by atoms with van der Waals surface area (Å²) >= 11 is 0. The largest absolute Gasteiger partial charge is 0.355 e. The average molecular weight is 296 g/mol. The Morgan fingerprint density at radius 3 is 1.00 bits per heavy atom. The molecule has 0 fully saturated rings. The Morgan fingerprint density at radius 1 is 0.667 bits per heavy atom. The molecule has 0 aromatic heterocycles. The molecule has 2 heteroatoms. The van der Waals surface area contributed by atoms with E-state index >= 15 is 0 Å². The van der Waals surface area contributed by atoms with Crippen molar-refractivity contribution in [2.24, 2.45) is 0 Å². The van der Waals surface area contributed by atoms with E-state index in [1.54, 1.807) is 7.05 Å². The maximum Gasteiger partial charge on any atom is 0.246 e. The minimum atomic E-state index is 0.00926. The quantitative estimate of drug-likeness (QED) is 0.646. The Bertz CT molecular complexity index is 285. The van der Waals surface area contributed by atoms with Crippen LogP contribution in [0.3, 0.4) is 0 Å². The summed E-state index contributed by atoms with van der Waals surface area (Å²) in [5.74, 6) is 0.00926. The highest BCUT2D eigenvalue weighted by atomic mass is 16.1. The van der Waals surface area contributed by atoms with Crippen LogP contribution in [0.1, 0.15) is 62.3 Å². The van der Waals surface area contributed by atoms with Crippen molar-refractivity contribution in [3.05, 3.63) is 47.5 Å². The van der Waals surface area contributed by atoms with Crippen molar-refractivity contribution < 1.29 is 4.79 Å². The van der Waals surface area contributed by atoms with Crippen LogP contribution in [0.4, 0.5) is 0 Å². The Morgan fingerprint density at radius 2 is 0.905 bits per heavy atom. The number of amides is 1. The maximum absolute atomic E-state index is 10.8. The molecule has 0 aliphatic carbocycles. The molecular weight excluding hydrogens is 258 g/mol. The highest BCUT2D eigenvalue weighted by molar-refractivity contribution is 5.93. The molecule has 0 aliphatic rings. The fourth-order valence-corrected chi connectivity index (χ4v) is 0.799. The summed E-state index contributed by atoms with van der Waals surface area (Å²) < 4.78 is 0. The average Bonchev–Trinajstić information content (AvgIpc) is 2.60. The van der Waals surface area contributed by atoms with Crippen LogP contribution in [0, 0.1) is 0 Å². The fourth-order valence-electron chi connectivity index (χ4n) is 0.799. The lowest BCUT2D eigenvalue weighted by molar-refractivity contribution is -0.117. The molecule has 2 nitrogen and oxygen atoms in total. The van der Waals surface area contributed by atoms with Gasteiger partial charge in [0.25, 0.3) is 0 Å². The minimum absolute atomic E-state index is 0.00926. The molecule has 21 heavy (non-hydrogen) atoms. The fraction of sp³-hybridized carbons (Fsp3) is 0.526. The Kier molecular flexibility index (Phi) is 35.5. The van der Waals surface area contributed by atoms with Gasteiger partial charge in [-0.3, -0.25) is 4.79 Å². The SMILES string of the molecule is CC.CC.CC.CNC(=O)C(C)=C(C)C.c1ccccc1. The normalized spacial score (nSPS) is 6.76. The highest BCUT2D eigenvalue weighted by Crippen LogP contribution is 1.99. The molecule has 0 saturated heterocycles. The van der Waals surface area contributed by atoms with Gasteiger partial charge in [-0.2, -0.15) is 0 Å². The van der Waals surface area contributed by atoms with Gasteiger partial charge in [0.05, 0.1) is 0 Å². The van der Waals surface area contributed by atoms with E-state index in [-0.39, 0.29) is 5.91 Å². The molecule has 1 aromatic rings. The number of benzene rings is 1. The summed E-state index contributed by atoms with van der Waals surface area (Å²) in [5.41, 5.74) is 1.87. The van der Waals surface area contributed by atoms with Crippen LogP contribution in [-0.2, 0) is 4.79 Å². The number of likely N-dealkylation sites (N-methyl/N-ethyl adjacent to an activating group) is 1. The van der Waals surface area contributed by atoms with Crippen LogP contribution in [-0.4, -0.2) is 13.0 Å². The summed E-state index contributed by atoms with van der Waals surface area (Å²) in [6, 6.07) is 12.0. The highest BCUT2D eigenvalue weighted by Gasteiger charge is 2.00. The molecule has 0 unspecified atom stereocenters. The van der Waals surface area contributed by atoms with Crippen molar-refractivity contribution in [2.75, 3.05) is 7.05 Å². The van der Waals surface area contributed by atoms with Gasteiger partial charge in [0, 0.05) is 12.6 Å². The molecular formula is C19H37NO. The predicted molar refractivity (Wildman–Crippen MR) is 98.6 cm³/mol. The third-order valence-electron chi connectivity index (χ3n) is 1.98. The van der Waals surface area contributed by atoms with Gasteiger partial charge in [0.2, 0.25) is 5.91 Å². The molecule has 1 aromatic carbocycles. The summed E-state index contributed by atoms with van der Waals surface area (Å²) in [6.07, 6.45) is 0. The predicted octanol–water partition coefficient (Wildman–Crippen LogP) is 5.85. The van der Waals surface area contributed by atoms with E-state index in [9.17, 15) is 4.79 Å². The van der Waals surface area contributed by atoms with Crippen molar-refractivity contribution in [3.8, 4) is 0 Å². The molecule has 0 aliphatic heterocycles. The van der Waals surface area contributed by atoms with Crippen LogP contribution >= 0.6 is 0 Å². The lowest BCUT2D eigenvalue weighted by Gasteiger charge is -1.99. The molecule has 0 saturated carbocycles. The number of hydrogen-bond acceptors (Lipinski definition) is 1. The zero-order valence-electron chi connectivity index (χ0n) is 15.9. The smallest absolute Gasteiger partial charge is 0.246 e. The second-order valence-corrected chi connectivity index (χ2v) is 3.36. The van der Waals surface area contributed by atoms with Crippen LogP contribution < -0.4 is 5.32 Å². The Labute approximate surface area is 133 Å². The summed E-state index contributed by atoms with van der Waals surface area (Å²) in [5, 5.41) is 2.55. The molecule has 0 radical (unpaired) electrons. The first kappa shape index (κ1) is 27.7. The van der Waals surface area contributed by atoms with Gasteiger partial charge in [-0.05, 0) is 20.8 Å². The topological polar surface area (TPSA) is 29.1 Å². The van der Waals surface area contributed by atoms with Gasteiger partial charge in [-0.15, -0.1) is 0 Å². The Balaban J connectivity index is -0.000000104. The van der Waals surface area contributed by atoms with Gasteiger partial charge in [-0.25, -0.2) is 0 Å². The molecule has 0 bridgehead atoms. The van der Waals surface area contributed by atoms with Gasteiger partial charge >= 0.3 is 0 Å². The number of carbonyl (C=O) groups is 1. The lowest BCUT2D eigenvalue weighted by atomic mass is 10.2. The molecule has 0 spiro atoms. The van der Waals surface area contributed by atoms with Crippen molar-refractivity contribution in [1.82, 2.24) is 5.32 Å². The monoisotopic (exact) mass is 295 g/mol. The number of nitrogens with one attached hydrogen (secondary N) is 1. The second-order valence-electron chi connectivity index (χ2n) is 3.36. The molecule has 1 N–H and O–H groups in total. The number of carbonyl (C=O) groups excluding carboxylic acids is 1. The van der Waals surface area contributed by atoms with E-state index in [4.69, 9.17) is 0 Å². The van der Waals surface area contributed by atoms with Crippen LogP contribution in [0.2, 0.25) is 0 Å². The van der Waals surface area contributed by atoms with Gasteiger partial charge in [-0.1, -0.05) is 83.5 Å². The van der Waals surface area contributed by atoms with E-state index in [1.807, 2.05) is 98.7 Å².